The van der Waals surface area contributed by atoms with E-state index in [-0.39, 0.29) is 12.3 Å². The summed E-state index contributed by atoms with van der Waals surface area (Å²) in [6.45, 7) is 4.29. The van der Waals surface area contributed by atoms with Crippen LogP contribution in [0.5, 0.6) is 5.75 Å². The third kappa shape index (κ3) is 5.76. The minimum absolute atomic E-state index is 0.0440. The molecule has 152 valence electrons. The molecule has 0 atom stereocenters. The van der Waals surface area contributed by atoms with Gasteiger partial charge in [-0.05, 0) is 25.1 Å². The molecule has 9 nitrogen and oxygen atoms in total. The van der Waals surface area contributed by atoms with Crippen molar-refractivity contribution in [2.24, 2.45) is 5.10 Å². The molecule has 29 heavy (non-hydrogen) atoms. The number of anilines is 1. The number of ether oxygens (including phenoxy) is 2. The average Bonchev–Trinajstić information content (AvgIpc) is 2.74. The minimum Gasteiger partial charge on any atom is -0.484 e. The van der Waals surface area contributed by atoms with Gasteiger partial charge in [0.05, 0.1) is 24.4 Å². The van der Waals surface area contributed by atoms with E-state index in [0.717, 1.165) is 11.3 Å². The fourth-order valence-electron chi connectivity index (χ4n) is 2.84. The molecular weight excluding hydrogens is 376 g/mol. The number of hydrogen-bond donors (Lipinski definition) is 1. The van der Waals surface area contributed by atoms with Gasteiger partial charge in [-0.25, -0.2) is 5.43 Å². The smallest absolute Gasteiger partial charge is 0.277 e. The van der Waals surface area contributed by atoms with E-state index in [2.05, 4.69) is 15.4 Å². The van der Waals surface area contributed by atoms with Gasteiger partial charge in [0.1, 0.15) is 5.75 Å². The molecule has 1 saturated heterocycles. The van der Waals surface area contributed by atoms with Crippen molar-refractivity contribution in [2.75, 3.05) is 37.8 Å². The number of carbonyl (C=O) groups is 1. The molecule has 0 bridgehead atoms. The zero-order valence-electron chi connectivity index (χ0n) is 16.0. The molecule has 2 aromatic rings. The minimum atomic E-state index is -0.464. The number of aryl methyl sites for hydroxylation is 1. The van der Waals surface area contributed by atoms with Crippen LogP contribution < -0.4 is 15.1 Å². The summed E-state index contributed by atoms with van der Waals surface area (Å²) in [5.41, 5.74) is 4.78. The van der Waals surface area contributed by atoms with Gasteiger partial charge >= 0.3 is 0 Å². The van der Waals surface area contributed by atoms with Gasteiger partial charge in [-0.2, -0.15) is 5.10 Å². The number of nitro groups is 1. The van der Waals surface area contributed by atoms with Gasteiger partial charge in [-0.3, -0.25) is 14.9 Å². The number of carbonyl (C=O) groups excluding carboxylic acids is 1. The van der Waals surface area contributed by atoms with E-state index >= 15 is 0 Å². The van der Waals surface area contributed by atoms with Crippen LogP contribution in [0.25, 0.3) is 0 Å². The molecule has 3 rings (SSSR count). The summed E-state index contributed by atoms with van der Waals surface area (Å²) >= 11 is 0. The first kappa shape index (κ1) is 20.3. The highest BCUT2D eigenvalue weighted by Gasteiger charge is 2.17. The van der Waals surface area contributed by atoms with Crippen LogP contribution >= 0.6 is 0 Å². The first-order valence-electron chi connectivity index (χ1n) is 9.15. The zero-order valence-corrected chi connectivity index (χ0v) is 16.0. The molecule has 0 unspecified atom stereocenters. The Morgan fingerprint density at radius 2 is 2.00 bits per heavy atom. The van der Waals surface area contributed by atoms with Crippen LogP contribution in [0.1, 0.15) is 11.1 Å². The third-order valence-corrected chi connectivity index (χ3v) is 4.36. The van der Waals surface area contributed by atoms with Gasteiger partial charge in [0, 0.05) is 36.5 Å². The summed E-state index contributed by atoms with van der Waals surface area (Å²) in [6, 6.07) is 11.9. The highest BCUT2D eigenvalue weighted by atomic mass is 16.6. The predicted octanol–water partition coefficient (Wildman–Crippen LogP) is 2.27. The van der Waals surface area contributed by atoms with E-state index in [4.69, 9.17) is 9.47 Å². The van der Waals surface area contributed by atoms with Gasteiger partial charge in [-0.15, -0.1) is 0 Å². The molecular formula is C20H22N4O5. The lowest BCUT2D eigenvalue weighted by Crippen LogP contribution is -2.36. The van der Waals surface area contributed by atoms with E-state index in [1.807, 2.05) is 19.1 Å². The van der Waals surface area contributed by atoms with Crippen molar-refractivity contribution in [3.05, 3.63) is 63.7 Å². The normalized spacial score (nSPS) is 14.0. The van der Waals surface area contributed by atoms with Gasteiger partial charge in [-0.1, -0.05) is 17.7 Å². The van der Waals surface area contributed by atoms with Crippen molar-refractivity contribution in [3.63, 3.8) is 0 Å². The quantitative estimate of drug-likeness (QED) is 0.436. The zero-order chi connectivity index (χ0) is 20.6. The molecule has 0 saturated carbocycles. The van der Waals surface area contributed by atoms with Crippen molar-refractivity contribution in [1.29, 1.82) is 0 Å². The molecule has 2 aromatic carbocycles. The van der Waals surface area contributed by atoms with Crippen LogP contribution in [0.4, 0.5) is 11.4 Å². The Morgan fingerprint density at radius 3 is 2.69 bits per heavy atom. The van der Waals surface area contributed by atoms with Crippen molar-refractivity contribution < 1.29 is 19.2 Å². The number of nitrogens with zero attached hydrogens (tertiary/aromatic N) is 3. The van der Waals surface area contributed by atoms with E-state index in [9.17, 15) is 14.9 Å². The van der Waals surface area contributed by atoms with Crippen molar-refractivity contribution in [1.82, 2.24) is 5.43 Å². The summed E-state index contributed by atoms with van der Waals surface area (Å²) in [4.78, 5) is 24.7. The highest BCUT2D eigenvalue weighted by Crippen LogP contribution is 2.25. The Morgan fingerprint density at radius 1 is 1.28 bits per heavy atom. The van der Waals surface area contributed by atoms with Crippen LogP contribution in [-0.2, 0) is 9.53 Å². The van der Waals surface area contributed by atoms with Crippen molar-refractivity contribution in [3.8, 4) is 5.75 Å². The number of rotatable bonds is 7. The Hall–Kier alpha value is -3.46. The van der Waals surface area contributed by atoms with Crippen LogP contribution in [0.3, 0.4) is 0 Å². The van der Waals surface area contributed by atoms with Crippen molar-refractivity contribution in [2.45, 2.75) is 6.92 Å². The fourth-order valence-corrected chi connectivity index (χ4v) is 2.84. The second-order valence-electron chi connectivity index (χ2n) is 6.49. The predicted molar refractivity (Wildman–Crippen MR) is 109 cm³/mol. The lowest BCUT2D eigenvalue weighted by molar-refractivity contribution is -0.384. The molecule has 1 N–H and O–H groups in total. The Kier molecular flexibility index (Phi) is 6.75. The number of benzene rings is 2. The molecule has 1 aliphatic rings. The summed E-state index contributed by atoms with van der Waals surface area (Å²) in [5, 5.41) is 15.0. The number of amides is 1. The number of hydrogen-bond acceptors (Lipinski definition) is 7. The van der Waals surface area contributed by atoms with Gasteiger partial charge in [0.15, 0.2) is 6.61 Å². The van der Waals surface area contributed by atoms with Gasteiger partial charge in [0.2, 0.25) is 0 Å². The number of hydrazone groups is 1. The topological polar surface area (TPSA) is 106 Å². The SMILES string of the molecule is Cc1ccc(OCC(=O)N/N=C\c2cc([N+](=O)[O-])ccc2N2CCOCC2)cc1. The van der Waals surface area contributed by atoms with E-state index < -0.39 is 10.8 Å². The van der Waals surface area contributed by atoms with Gasteiger partial charge < -0.3 is 14.4 Å². The first-order chi connectivity index (χ1) is 14.0. The van der Waals surface area contributed by atoms with E-state index in [1.165, 1.54) is 18.3 Å². The molecule has 0 spiro atoms. The maximum absolute atomic E-state index is 12.0. The van der Waals surface area contributed by atoms with Crippen LogP contribution in [0, 0.1) is 17.0 Å². The lowest BCUT2D eigenvalue weighted by Gasteiger charge is -2.29. The number of non-ortho nitro benzene ring substituents is 1. The standard InChI is InChI=1S/C20H22N4O5/c1-15-2-5-18(6-3-15)29-14-20(25)22-21-13-16-12-17(24(26)27)4-7-19(16)23-8-10-28-11-9-23/h2-7,12-13H,8-11,14H2,1H3,(H,22,25)/b21-13-. The Balaban J connectivity index is 1.64. The summed E-state index contributed by atoms with van der Waals surface area (Å²) < 4.78 is 10.7. The molecule has 1 aliphatic heterocycles. The Labute approximate surface area is 168 Å². The third-order valence-electron chi connectivity index (χ3n) is 4.36. The molecule has 1 amide bonds. The fraction of sp³-hybridized carbons (Fsp3) is 0.300. The van der Waals surface area contributed by atoms with Crippen molar-refractivity contribution >= 4 is 23.5 Å². The Bertz CT molecular complexity index is 892. The maximum atomic E-state index is 12.0. The number of morpholine rings is 1. The molecule has 0 aliphatic carbocycles. The highest BCUT2D eigenvalue weighted by molar-refractivity contribution is 5.90. The van der Waals surface area contributed by atoms with Crippen LogP contribution in [-0.4, -0.2) is 50.0 Å². The summed E-state index contributed by atoms with van der Waals surface area (Å²) in [5.74, 6) is 0.156. The second-order valence-corrected chi connectivity index (χ2v) is 6.49. The first-order valence-corrected chi connectivity index (χ1v) is 9.15. The number of nitrogens with one attached hydrogen (secondary N) is 1. The summed E-state index contributed by atoms with van der Waals surface area (Å²) in [6.07, 6.45) is 1.40. The maximum Gasteiger partial charge on any atom is 0.277 e. The molecule has 1 heterocycles. The lowest BCUT2D eigenvalue weighted by atomic mass is 10.1. The molecule has 0 radical (unpaired) electrons. The molecule has 0 aromatic heterocycles. The number of nitro benzene ring substituents is 1. The van der Waals surface area contributed by atoms with E-state index in [1.54, 1.807) is 18.2 Å². The second kappa shape index (κ2) is 9.65. The average molecular weight is 398 g/mol. The molecule has 9 heteroatoms. The summed E-state index contributed by atoms with van der Waals surface area (Å²) in [7, 11) is 0. The largest absolute Gasteiger partial charge is 0.484 e. The van der Waals surface area contributed by atoms with Crippen LogP contribution in [0.15, 0.2) is 47.6 Å². The monoisotopic (exact) mass is 398 g/mol. The van der Waals surface area contributed by atoms with Gasteiger partial charge in [0.25, 0.3) is 11.6 Å². The molecule has 1 fully saturated rings. The van der Waals surface area contributed by atoms with Crippen LogP contribution in [0.2, 0.25) is 0 Å². The van der Waals surface area contributed by atoms with E-state index in [0.29, 0.717) is 37.6 Å².